The monoisotopic (exact) mass is 348 g/mol. The number of hydrogen-bond acceptors (Lipinski definition) is 2. The summed E-state index contributed by atoms with van der Waals surface area (Å²) in [5.74, 6) is 0.278. The summed E-state index contributed by atoms with van der Waals surface area (Å²) in [5.41, 5.74) is 6.22. The van der Waals surface area contributed by atoms with Gasteiger partial charge in [-0.3, -0.25) is 4.79 Å². The van der Waals surface area contributed by atoms with Crippen LogP contribution in [0, 0.1) is 0 Å². The number of rotatable bonds is 14. The molecule has 0 radical (unpaired) electrons. The van der Waals surface area contributed by atoms with E-state index in [2.05, 4.69) is 5.32 Å². The molecular formula is C20H32N2OS. The van der Waals surface area contributed by atoms with Gasteiger partial charge in [0, 0.05) is 18.5 Å². The second-order valence-corrected chi connectivity index (χ2v) is 6.81. The van der Waals surface area contributed by atoms with Gasteiger partial charge in [0.25, 0.3) is 0 Å². The normalized spacial score (nSPS) is 10.5. The molecule has 0 saturated carbocycles. The number of ketones is 1. The Morgan fingerprint density at radius 2 is 1.33 bits per heavy atom. The van der Waals surface area contributed by atoms with Gasteiger partial charge >= 0.3 is 0 Å². The van der Waals surface area contributed by atoms with E-state index in [0.29, 0.717) is 11.5 Å². The minimum absolute atomic E-state index is 0.278. The third-order valence-electron chi connectivity index (χ3n) is 4.23. The Morgan fingerprint density at radius 1 is 0.833 bits per heavy atom. The first kappa shape index (κ1) is 20.6. The Kier molecular flexibility index (Phi) is 12.0. The summed E-state index contributed by atoms with van der Waals surface area (Å²) in [6, 6.07) is 9.61. The van der Waals surface area contributed by atoms with Crippen molar-refractivity contribution in [1.82, 2.24) is 5.32 Å². The van der Waals surface area contributed by atoms with E-state index in [9.17, 15) is 4.79 Å². The molecule has 0 aliphatic heterocycles. The number of hydrogen-bond donors (Lipinski definition) is 2. The maximum absolute atomic E-state index is 11.9. The van der Waals surface area contributed by atoms with Crippen LogP contribution in [0.2, 0.25) is 0 Å². The van der Waals surface area contributed by atoms with Crippen molar-refractivity contribution < 1.29 is 4.79 Å². The highest BCUT2D eigenvalue weighted by molar-refractivity contribution is 7.80. The van der Waals surface area contributed by atoms with Crippen LogP contribution in [0.1, 0.15) is 81.0 Å². The molecule has 1 rings (SSSR count). The van der Waals surface area contributed by atoms with Crippen molar-refractivity contribution in [2.45, 2.75) is 70.6 Å². The quantitative estimate of drug-likeness (QED) is 0.282. The Hall–Kier alpha value is -1.42. The molecular weight excluding hydrogens is 316 g/mol. The molecule has 0 unspecified atom stereocenters. The first-order chi connectivity index (χ1) is 11.7. The lowest BCUT2D eigenvalue weighted by molar-refractivity contribution is 0.0979. The minimum Gasteiger partial charge on any atom is -0.376 e. The third-order valence-corrected chi connectivity index (χ3v) is 4.37. The average molecular weight is 349 g/mol. The van der Waals surface area contributed by atoms with Gasteiger partial charge in [-0.2, -0.15) is 0 Å². The molecule has 4 heteroatoms. The fourth-order valence-corrected chi connectivity index (χ4v) is 2.91. The average Bonchev–Trinajstić information content (AvgIpc) is 2.59. The zero-order chi connectivity index (χ0) is 17.5. The number of carbonyl (C=O) groups is 1. The van der Waals surface area contributed by atoms with E-state index in [1.807, 2.05) is 30.3 Å². The Balaban J connectivity index is 1.82. The Labute approximate surface area is 152 Å². The van der Waals surface area contributed by atoms with Crippen LogP contribution in [0.15, 0.2) is 30.3 Å². The van der Waals surface area contributed by atoms with Crippen LogP contribution in [-0.4, -0.2) is 17.4 Å². The van der Waals surface area contributed by atoms with Crippen molar-refractivity contribution in [3.8, 4) is 0 Å². The molecule has 3 nitrogen and oxygen atoms in total. The molecule has 134 valence electrons. The van der Waals surface area contributed by atoms with E-state index in [0.717, 1.165) is 24.9 Å². The maximum Gasteiger partial charge on any atom is 0.163 e. The lowest BCUT2D eigenvalue weighted by atomic mass is 10.0. The van der Waals surface area contributed by atoms with Crippen LogP contribution >= 0.6 is 12.2 Å². The molecule has 0 fully saturated rings. The summed E-state index contributed by atoms with van der Waals surface area (Å²) in [6.07, 6.45) is 13.1. The van der Waals surface area contributed by atoms with Crippen molar-refractivity contribution in [3.63, 3.8) is 0 Å². The molecule has 1 aromatic rings. The molecule has 0 amide bonds. The molecule has 0 aromatic heterocycles. The largest absolute Gasteiger partial charge is 0.376 e. The number of unbranched alkanes of at least 4 members (excludes halogenated alkanes) is 9. The van der Waals surface area contributed by atoms with Crippen LogP contribution in [-0.2, 0) is 0 Å². The van der Waals surface area contributed by atoms with Gasteiger partial charge in [-0.1, -0.05) is 81.7 Å². The number of nitrogens with one attached hydrogen (secondary N) is 1. The highest BCUT2D eigenvalue weighted by Crippen LogP contribution is 2.12. The van der Waals surface area contributed by atoms with E-state index >= 15 is 0 Å². The molecule has 1 aromatic carbocycles. The smallest absolute Gasteiger partial charge is 0.163 e. The zero-order valence-electron chi connectivity index (χ0n) is 14.8. The molecule has 24 heavy (non-hydrogen) atoms. The first-order valence-electron chi connectivity index (χ1n) is 9.31. The first-order valence-corrected chi connectivity index (χ1v) is 9.72. The summed E-state index contributed by atoms with van der Waals surface area (Å²) in [5, 5.41) is 3.38. The van der Waals surface area contributed by atoms with Crippen molar-refractivity contribution in [1.29, 1.82) is 0 Å². The van der Waals surface area contributed by atoms with Crippen LogP contribution in [0.25, 0.3) is 0 Å². The molecule has 0 aliphatic rings. The summed E-state index contributed by atoms with van der Waals surface area (Å²) >= 11 is 4.76. The van der Waals surface area contributed by atoms with E-state index < -0.39 is 0 Å². The van der Waals surface area contributed by atoms with Crippen LogP contribution in [0.3, 0.4) is 0 Å². The number of carbonyl (C=O) groups excluding carboxylic acids is 1. The number of thiocarbonyl (C=S) groups is 1. The summed E-state index contributed by atoms with van der Waals surface area (Å²) in [4.78, 5) is 11.9. The van der Waals surface area contributed by atoms with Gasteiger partial charge < -0.3 is 11.1 Å². The highest BCUT2D eigenvalue weighted by Gasteiger charge is 2.03. The topological polar surface area (TPSA) is 55.1 Å². The van der Waals surface area contributed by atoms with Crippen molar-refractivity contribution in [2.75, 3.05) is 6.54 Å². The predicted octanol–water partition coefficient (Wildman–Crippen LogP) is 4.99. The van der Waals surface area contributed by atoms with E-state index in [4.69, 9.17) is 18.0 Å². The van der Waals surface area contributed by atoms with Gasteiger partial charge in [0.05, 0.1) is 0 Å². The van der Waals surface area contributed by atoms with Crippen LogP contribution in [0.5, 0.6) is 0 Å². The predicted molar refractivity (Wildman–Crippen MR) is 106 cm³/mol. The fraction of sp³-hybridized carbons (Fsp3) is 0.600. The van der Waals surface area contributed by atoms with Gasteiger partial charge in [-0.15, -0.1) is 0 Å². The van der Waals surface area contributed by atoms with E-state index in [-0.39, 0.29) is 5.78 Å². The second-order valence-electron chi connectivity index (χ2n) is 6.37. The Morgan fingerprint density at radius 3 is 1.88 bits per heavy atom. The maximum atomic E-state index is 11.9. The zero-order valence-corrected chi connectivity index (χ0v) is 15.6. The molecule has 0 aliphatic carbocycles. The van der Waals surface area contributed by atoms with Crippen LogP contribution < -0.4 is 11.1 Å². The number of Topliss-reactive ketones (excluding diaryl/α,β-unsaturated/α-hetero) is 1. The van der Waals surface area contributed by atoms with Crippen LogP contribution in [0.4, 0.5) is 0 Å². The number of nitrogens with two attached hydrogens (primary N) is 1. The van der Waals surface area contributed by atoms with Gasteiger partial charge in [0.1, 0.15) is 0 Å². The molecule has 0 saturated heterocycles. The third kappa shape index (κ3) is 11.2. The van der Waals surface area contributed by atoms with E-state index in [1.54, 1.807) is 0 Å². The fourth-order valence-electron chi connectivity index (χ4n) is 2.80. The van der Waals surface area contributed by atoms with Gasteiger partial charge in [-0.25, -0.2) is 0 Å². The molecule has 0 atom stereocenters. The van der Waals surface area contributed by atoms with E-state index in [1.165, 1.54) is 51.4 Å². The summed E-state index contributed by atoms with van der Waals surface area (Å²) in [6.45, 7) is 0.900. The molecule has 0 heterocycles. The number of benzene rings is 1. The van der Waals surface area contributed by atoms with Crippen molar-refractivity contribution in [2.24, 2.45) is 5.73 Å². The van der Waals surface area contributed by atoms with Gasteiger partial charge in [0.15, 0.2) is 10.9 Å². The van der Waals surface area contributed by atoms with Gasteiger partial charge in [0.2, 0.25) is 0 Å². The summed E-state index contributed by atoms with van der Waals surface area (Å²) in [7, 11) is 0. The summed E-state index contributed by atoms with van der Waals surface area (Å²) < 4.78 is 0. The van der Waals surface area contributed by atoms with Crippen molar-refractivity contribution >= 4 is 23.1 Å². The molecule has 3 N–H and O–H groups in total. The molecule has 0 spiro atoms. The molecule has 0 bridgehead atoms. The minimum atomic E-state index is 0.278. The second kappa shape index (κ2) is 14.0. The lowest BCUT2D eigenvalue weighted by Gasteiger charge is -2.04. The van der Waals surface area contributed by atoms with Crippen molar-refractivity contribution in [3.05, 3.63) is 35.9 Å². The lowest BCUT2D eigenvalue weighted by Crippen LogP contribution is -2.29. The standard InChI is InChI=1S/C20H32N2OS/c21-20(24)22-17-13-8-6-4-2-1-3-5-7-12-16-19(23)18-14-10-9-11-15-18/h9-11,14-15H,1-8,12-13,16-17H2,(H3,21,22,24). The highest BCUT2D eigenvalue weighted by atomic mass is 32.1. The Bertz CT molecular complexity index is 462. The van der Waals surface area contributed by atoms with Gasteiger partial charge in [-0.05, 0) is 25.1 Å². The SMILES string of the molecule is NC(=S)NCCCCCCCCCCCCC(=O)c1ccccc1.